The molecule has 0 unspecified atom stereocenters. The summed E-state index contributed by atoms with van der Waals surface area (Å²) in [5, 5.41) is 2.85. The number of hydrogen-bond acceptors (Lipinski definition) is 1. The first-order valence-electron chi connectivity index (χ1n) is 6.00. The number of allylic oxidation sites excluding steroid dienone is 1. The summed E-state index contributed by atoms with van der Waals surface area (Å²) < 4.78 is 0. The second-order valence-electron chi connectivity index (χ2n) is 4.99. The Balaban J connectivity index is 2.20. The van der Waals surface area contributed by atoms with Crippen molar-refractivity contribution in [2.45, 2.75) is 19.4 Å². The predicted molar refractivity (Wildman–Crippen MR) is 73.9 cm³/mol. The van der Waals surface area contributed by atoms with E-state index in [2.05, 4.69) is 5.32 Å². The minimum absolute atomic E-state index is 0.0739. The lowest BCUT2D eigenvalue weighted by molar-refractivity contribution is 0.174. The first kappa shape index (κ1) is 12.4. The Hall–Kier alpha value is -2.03. The molecule has 0 bridgehead atoms. The molecule has 1 aromatic rings. The van der Waals surface area contributed by atoms with Crippen LogP contribution in [0, 0.1) is 0 Å². The van der Waals surface area contributed by atoms with E-state index in [1.165, 1.54) is 0 Å². The second-order valence-corrected chi connectivity index (χ2v) is 4.99. The number of benzene rings is 1. The standard InChI is InChI=1S/C15H18N2O/c1-15(2)11-13(16-14(18)17(15)3)10-9-12-7-5-4-6-8-12/h4-11H,1-3H3,(H,16,18). The molecule has 0 saturated heterocycles. The first-order chi connectivity index (χ1) is 8.49. The zero-order valence-electron chi connectivity index (χ0n) is 11.0. The minimum Gasteiger partial charge on any atom is -0.319 e. The van der Waals surface area contributed by atoms with Crippen LogP contribution in [0.2, 0.25) is 0 Å². The van der Waals surface area contributed by atoms with Gasteiger partial charge in [0, 0.05) is 12.7 Å². The van der Waals surface area contributed by atoms with E-state index in [0.29, 0.717) is 0 Å². The summed E-state index contributed by atoms with van der Waals surface area (Å²) in [7, 11) is 1.80. The van der Waals surface area contributed by atoms with Crippen LogP contribution in [-0.4, -0.2) is 23.5 Å². The Morgan fingerprint density at radius 2 is 1.83 bits per heavy atom. The lowest BCUT2D eigenvalue weighted by Crippen LogP contribution is -2.52. The number of carbonyl (C=O) groups excluding carboxylic acids is 1. The van der Waals surface area contributed by atoms with E-state index >= 15 is 0 Å². The zero-order chi connectivity index (χ0) is 13.2. The van der Waals surface area contributed by atoms with Gasteiger partial charge in [0.1, 0.15) is 0 Å². The number of urea groups is 1. The van der Waals surface area contributed by atoms with Gasteiger partial charge in [-0.25, -0.2) is 4.79 Å². The number of hydrogen-bond donors (Lipinski definition) is 1. The first-order valence-corrected chi connectivity index (χ1v) is 6.00. The second kappa shape index (κ2) is 4.69. The van der Waals surface area contributed by atoms with Gasteiger partial charge in [-0.1, -0.05) is 36.4 Å². The molecule has 2 rings (SSSR count). The lowest BCUT2D eigenvalue weighted by Gasteiger charge is -2.37. The highest BCUT2D eigenvalue weighted by atomic mass is 16.2. The van der Waals surface area contributed by atoms with E-state index in [1.54, 1.807) is 11.9 Å². The fraction of sp³-hybridized carbons (Fsp3) is 0.267. The number of nitrogens with zero attached hydrogens (tertiary/aromatic N) is 1. The van der Waals surface area contributed by atoms with Crippen molar-refractivity contribution >= 4 is 12.1 Å². The monoisotopic (exact) mass is 242 g/mol. The van der Waals surface area contributed by atoms with Gasteiger partial charge in [0.05, 0.1) is 5.54 Å². The molecule has 18 heavy (non-hydrogen) atoms. The zero-order valence-corrected chi connectivity index (χ0v) is 11.0. The quantitative estimate of drug-likeness (QED) is 0.849. The molecule has 0 aromatic heterocycles. The highest BCUT2D eigenvalue weighted by Crippen LogP contribution is 2.21. The fourth-order valence-electron chi connectivity index (χ4n) is 1.82. The highest BCUT2D eigenvalue weighted by Gasteiger charge is 2.30. The van der Waals surface area contributed by atoms with Gasteiger partial charge in [0.15, 0.2) is 0 Å². The lowest BCUT2D eigenvalue weighted by atomic mass is 9.99. The maximum absolute atomic E-state index is 11.8. The Morgan fingerprint density at radius 1 is 1.17 bits per heavy atom. The van der Waals surface area contributed by atoms with Gasteiger partial charge in [-0.05, 0) is 31.6 Å². The number of likely N-dealkylation sites (N-methyl/N-ethyl adjacent to an activating group) is 1. The van der Waals surface area contributed by atoms with Gasteiger partial charge in [-0.3, -0.25) is 0 Å². The SMILES string of the molecule is CN1C(=O)NC(C=Cc2ccccc2)=CC1(C)C. The summed E-state index contributed by atoms with van der Waals surface area (Å²) >= 11 is 0. The maximum atomic E-state index is 11.8. The summed E-state index contributed by atoms with van der Waals surface area (Å²) in [5.74, 6) is 0. The molecule has 94 valence electrons. The topological polar surface area (TPSA) is 32.3 Å². The number of amides is 2. The number of carbonyl (C=O) groups is 1. The summed E-state index contributed by atoms with van der Waals surface area (Å²) in [6.45, 7) is 4.03. The summed E-state index contributed by atoms with van der Waals surface area (Å²) in [5.41, 5.74) is 1.69. The summed E-state index contributed by atoms with van der Waals surface area (Å²) in [6, 6.07) is 9.95. The van der Waals surface area contributed by atoms with Gasteiger partial charge < -0.3 is 10.2 Å². The van der Waals surface area contributed by atoms with Crippen LogP contribution in [0.25, 0.3) is 6.08 Å². The van der Waals surface area contributed by atoms with Gasteiger partial charge in [0.2, 0.25) is 0 Å². The highest BCUT2D eigenvalue weighted by molar-refractivity contribution is 5.79. The summed E-state index contributed by atoms with van der Waals surface area (Å²) in [6.07, 6.45) is 5.98. The van der Waals surface area contributed by atoms with Crippen LogP contribution in [0.1, 0.15) is 19.4 Å². The molecule has 1 aliphatic rings. The van der Waals surface area contributed by atoms with Crippen LogP contribution >= 0.6 is 0 Å². The van der Waals surface area contributed by atoms with E-state index in [0.717, 1.165) is 11.3 Å². The number of nitrogens with one attached hydrogen (secondary N) is 1. The van der Waals surface area contributed by atoms with E-state index < -0.39 is 0 Å². The van der Waals surface area contributed by atoms with E-state index in [1.807, 2.05) is 62.4 Å². The molecule has 0 spiro atoms. The van der Waals surface area contributed by atoms with E-state index in [9.17, 15) is 4.79 Å². The van der Waals surface area contributed by atoms with Gasteiger partial charge in [0.25, 0.3) is 0 Å². The van der Waals surface area contributed by atoms with Crippen LogP contribution in [0.3, 0.4) is 0 Å². The third kappa shape index (κ3) is 2.62. The largest absolute Gasteiger partial charge is 0.322 e. The molecule has 0 fully saturated rings. The van der Waals surface area contributed by atoms with Gasteiger partial charge in [-0.15, -0.1) is 0 Å². The van der Waals surface area contributed by atoms with Gasteiger partial charge >= 0.3 is 6.03 Å². The van der Waals surface area contributed by atoms with Crippen molar-refractivity contribution < 1.29 is 4.79 Å². The molecule has 1 N–H and O–H groups in total. The third-order valence-electron chi connectivity index (χ3n) is 3.18. The molecule has 0 atom stereocenters. The third-order valence-corrected chi connectivity index (χ3v) is 3.18. The van der Waals surface area contributed by atoms with Crippen molar-refractivity contribution in [1.82, 2.24) is 10.2 Å². The maximum Gasteiger partial charge on any atom is 0.322 e. The predicted octanol–water partition coefficient (Wildman–Crippen LogP) is 3.02. The van der Waals surface area contributed by atoms with E-state index in [-0.39, 0.29) is 11.6 Å². The van der Waals surface area contributed by atoms with Crippen LogP contribution in [0.4, 0.5) is 4.79 Å². The molecular formula is C15H18N2O. The average molecular weight is 242 g/mol. The van der Waals surface area contributed by atoms with Crippen LogP contribution in [0.5, 0.6) is 0 Å². The molecule has 3 heteroatoms. The Morgan fingerprint density at radius 3 is 2.44 bits per heavy atom. The minimum atomic E-state index is -0.265. The van der Waals surface area contributed by atoms with Crippen molar-refractivity contribution in [3.05, 3.63) is 53.7 Å². The molecule has 1 aliphatic heterocycles. The van der Waals surface area contributed by atoms with Crippen molar-refractivity contribution in [2.75, 3.05) is 7.05 Å². The van der Waals surface area contributed by atoms with Crippen molar-refractivity contribution in [2.24, 2.45) is 0 Å². The van der Waals surface area contributed by atoms with Crippen LogP contribution in [-0.2, 0) is 0 Å². The van der Waals surface area contributed by atoms with E-state index in [4.69, 9.17) is 0 Å². The molecule has 1 heterocycles. The molecule has 0 radical (unpaired) electrons. The Kier molecular flexibility index (Phi) is 3.24. The average Bonchev–Trinajstić information content (AvgIpc) is 2.34. The molecule has 1 aromatic carbocycles. The number of rotatable bonds is 2. The van der Waals surface area contributed by atoms with Crippen LogP contribution < -0.4 is 5.32 Å². The van der Waals surface area contributed by atoms with Crippen molar-refractivity contribution in [3.8, 4) is 0 Å². The molecule has 2 amide bonds. The normalized spacial score (nSPS) is 18.7. The summed E-state index contributed by atoms with van der Waals surface area (Å²) in [4.78, 5) is 13.5. The van der Waals surface area contributed by atoms with Crippen LogP contribution in [0.15, 0.2) is 48.2 Å². The van der Waals surface area contributed by atoms with Crippen molar-refractivity contribution in [3.63, 3.8) is 0 Å². The molecular weight excluding hydrogens is 224 g/mol. The smallest absolute Gasteiger partial charge is 0.319 e. The van der Waals surface area contributed by atoms with Gasteiger partial charge in [-0.2, -0.15) is 0 Å². The Labute approximate surface area is 108 Å². The fourth-order valence-corrected chi connectivity index (χ4v) is 1.82. The Bertz CT molecular complexity index is 500. The van der Waals surface area contributed by atoms with Crippen molar-refractivity contribution in [1.29, 1.82) is 0 Å². The molecule has 3 nitrogen and oxygen atoms in total. The molecule has 0 saturated carbocycles. The molecule has 0 aliphatic carbocycles.